The monoisotopic (exact) mass is 280 g/mol. The Kier molecular flexibility index (Phi) is 5.88. The molecule has 0 spiro atoms. The number of nitrogens with one attached hydrogen (secondary N) is 1. The van der Waals surface area contributed by atoms with E-state index >= 15 is 0 Å². The maximum Gasteiger partial charge on any atom is 0.222 e. The normalized spacial score (nSPS) is 28.9. The molecule has 0 aliphatic carbocycles. The summed E-state index contributed by atoms with van der Waals surface area (Å²) in [5.74, 6) is 3.11. The molecule has 2 aliphatic heterocycles. The predicted octanol–water partition coefficient (Wildman–Crippen LogP) is 2.91. The lowest BCUT2D eigenvalue weighted by molar-refractivity contribution is -0.131. The number of carbonyl (C=O) groups is 1. The molecule has 0 aromatic carbocycles. The molecule has 0 aromatic heterocycles. The second-order valence-electron chi connectivity index (χ2n) is 7.41. The van der Waals surface area contributed by atoms with Gasteiger partial charge in [-0.2, -0.15) is 0 Å². The van der Waals surface area contributed by atoms with Crippen molar-refractivity contribution in [1.82, 2.24) is 10.2 Å². The van der Waals surface area contributed by atoms with Gasteiger partial charge in [-0.25, -0.2) is 0 Å². The van der Waals surface area contributed by atoms with Gasteiger partial charge in [0, 0.05) is 19.5 Å². The number of carbonyl (C=O) groups excluding carboxylic acids is 1. The summed E-state index contributed by atoms with van der Waals surface area (Å²) >= 11 is 0. The number of likely N-dealkylation sites (tertiary alicyclic amines) is 1. The first-order valence-electron chi connectivity index (χ1n) is 8.54. The Bertz CT molecular complexity index is 310. The summed E-state index contributed by atoms with van der Waals surface area (Å²) in [6.45, 7) is 11.1. The van der Waals surface area contributed by atoms with Crippen LogP contribution in [-0.2, 0) is 4.79 Å². The number of nitrogens with zero attached hydrogens (tertiary/aromatic N) is 1. The Morgan fingerprint density at radius 1 is 1.30 bits per heavy atom. The van der Waals surface area contributed by atoms with E-state index in [1.54, 1.807) is 0 Å². The molecule has 0 bridgehead atoms. The molecule has 1 N–H and O–H groups in total. The Hall–Kier alpha value is -0.570. The Morgan fingerprint density at radius 3 is 2.75 bits per heavy atom. The highest BCUT2D eigenvalue weighted by Gasteiger charge is 2.29. The zero-order chi connectivity index (χ0) is 14.5. The van der Waals surface area contributed by atoms with Gasteiger partial charge in [-0.05, 0) is 62.4 Å². The van der Waals surface area contributed by atoms with Crippen LogP contribution in [0.25, 0.3) is 0 Å². The minimum atomic E-state index is 0.398. The highest BCUT2D eigenvalue weighted by atomic mass is 16.2. The average molecular weight is 280 g/mol. The van der Waals surface area contributed by atoms with Crippen molar-refractivity contribution in [1.29, 1.82) is 0 Å². The Balaban J connectivity index is 1.74. The molecule has 0 radical (unpaired) electrons. The molecule has 2 heterocycles. The van der Waals surface area contributed by atoms with E-state index in [9.17, 15) is 4.79 Å². The van der Waals surface area contributed by atoms with Crippen molar-refractivity contribution in [2.75, 3.05) is 26.2 Å². The minimum absolute atomic E-state index is 0.398. The number of piperidine rings is 1. The van der Waals surface area contributed by atoms with Gasteiger partial charge in [0.25, 0.3) is 0 Å². The number of amides is 1. The Labute approximate surface area is 124 Å². The third-order valence-electron chi connectivity index (χ3n) is 5.08. The highest BCUT2D eigenvalue weighted by Crippen LogP contribution is 2.27. The molecule has 0 aromatic rings. The van der Waals surface area contributed by atoms with Crippen LogP contribution < -0.4 is 5.32 Å². The fourth-order valence-electron chi connectivity index (χ4n) is 3.85. The molecule has 3 heteroatoms. The molecule has 116 valence electrons. The van der Waals surface area contributed by atoms with E-state index in [1.807, 2.05) is 0 Å². The lowest BCUT2D eigenvalue weighted by atomic mass is 9.85. The third kappa shape index (κ3) is 4.47. The van der Waals surface area contributed by atoms with Crippen molar-refractivity contribution in [2.45, 2.75) is 52.9 Å². The van der Waals surface area contributed by atoms with E-state index in [0.717, 1.165) is 44.4 Å². The van der Waals surface area contributed by atoms with Gasteiger partial charge in [0.2, 0.25) is 5.91 Å². The van der Waals surface area contributed by atoms with Gasteiger partial charge in [0.05, 0.1) is 0 Å². The van der Waals surface area contributed by atoms with Crippen LogP contribution in [0.5, 0.6) is 0 Å². The van der Waals surface area contributed by atoms with Crippen molar-refractivity contribution in [3.05, 3.63) is 0 Å². The van der Waals surface area contributed by atoms with E-state index in [4.69, 9.17) is 0 Å². The van der Waals surface area contributed by atoms with E-state index < -0.39 is 0 Å². The first kappa shape index (κ1) is 15.8. The summed E-state index contributed by atoms with van der Waals surface area (Å²) in [4.78, 5) is 14.6. The molecule has 2 rings (SSSR count). The quantitative estimate of drug-likeness (QED) is 0.840. The molecule has 2 saturated heterocycles. The molecular weight excluding hydrogens is 248 g/mol. The van der Waals surface area contributed by atoms with Crippen molar-refractivity contribution in [3.63, 3.8) is 0 Å². The first-order valence-corrected chi connectivity index (χ1v) is 8.54. The summed E-state index contributed by atoms with van der Waals surface area (Å²) in [5, 5.41) is 3.46. The van der Waals surface area contributed by atoms with E-state index in [0.29, 0.717) is 17.7 Å². The van der Waals surface area contributed by atoms with Crippen LogP contribution in [0.4, 0.5) is 0 Å². The number of rotatable bonds is 5. The van der Waals surface area contributed by atoms with Gasteiger partial charge in [-0.15, -0.1) is 0 Å². The molecular formula is C17H32N2O. The van der Waals surface area contributed by atoms with Gasteiger partial charge >= 0.3 is 0 Å². The van der Waals surface area contributed by atoms with Crippen LogP contribution >= 0.6 is 0 Å². The van der Waals surface area contributed by atoms with Crippen molar-refractivity contribution < 1.29 is 4.79 Å². The van der Waals surface area contributed by atoms with Gasteiger partial charge < -0.3 is 10.2 Å². The van der Waals surface area contributed by atoms with E-state index in [2.05, 4.69) is 31.0 Å². The standard InChI is InChI=1S/C17H32N2O/c1-13(2)9-15-6-8-19(12-15)17(20)10-14(3)16-5-4-7-18-11-16/h13-16,18H,4-12H2,1-3H3. The van der Waals surface area contributed by atoms with Crippen molar-refractivity contribution in [3.8, 4) is 0 Å². The second-order valence-corrected chi connectivity index (χ2v) is 7.41. The van der Waals surface area contributed by atoms with Crippen LogP contribution in [0, 0.1) is 23.7 Å². The lowest BCUT2D eigenvalue weighted by Gasteiger charge is -2.29. The largest absolute Gasteiger partial charge is 0.342 e. The zero-order valence-corrected chi connectivity index (χ0v) is 13.5. The molecule has 2 aliphatic rings. The molecule has 2 fully saturated rings. The smallest absolute Gasteiger partial charge is 0.222 e. The highest BCUT2D eigenvalue weighted by molar-refractivity contribution is 5.76. The zero-order valence-electron chi connectivity index (χ0n) is 13.5. The SMILES string of the molecule is CC(C)CC1CCN(C(=O)CC(C)C2CCCNC2)C1. The lowest BCUT2D eigenvalue weighted by Crippen LogP contribution is -2.36. The van der Waals surface area contributed by atoms with Crippen molar-refractivity contribution in [2.24, 2.45) is 23.7 Å². The maximum atomic E-state index is 12.4. The molecule has 3 atom stereocenters. The van der Waals surface area contributed by atoms with E-state index in [-0.39, 0.29) is 0 Å². The number of hydrogen-bond acceptors (Lipinski definition) is 2. The summed E-state index contributed by atoms with van der Waals surface area (Å²) < 4.78 is 0. The molecule has 3 unspecified atom stereocenters. The average Bonchev–Trinajstić information content (AvgIpc) is 2.87. The first-order chi connectivity index (χ1) is 9.56. The summed E-state index contributed by atoms with van der Waals surface area (Å²) in [6, 6.07) is 0. The van der Waals surface area contributed by atoms with Crippen LogP contribution in [0.15, 0.2) is 0 Å². The van der Waals surface area contributed by atoms with Crippen LogP contribution in [0.2, 0.25) is 0 Å². The summed E-state index contributed by atoms with van der Waals surface area (Å²) in [6.07, 6.45) is 5.79. The van der Waals surface area contributed by atoms with Gasteiger partial charge in [0.1, 0.15) is 0 Å². The second kappa shape index (κ2) is 7.44. The fourth-order valence-corrected chi connectivity index (χ4v) is 3.85. The van der Waals surface area contributed by atoms with Crippen LogP contribution in [-0.4, -0.2) is 37.0 Å². The molecule has 1 amide bonds. The molecule has 20 heavy (non-hydrogen) atoms. The van der Waals surface area contributed by atoms with Crippen molar-refractivity contribution >= 4 is 5.91 Å². The third-order valence-corrected chi connectivity index (χ3v) is 5.08. The molecule has 3 nitrogen and oxygen atoms in total. The summed E-state index contributed by atoms with van der Waals surface area (Å²) in [7, 11) is 0. The predicted molar refractivity (Wildman–Crippen MR) is 83.5 cm³/mol. The maximum absolute atomic E-state index is 12.4. The molecule has 0 saturated carbocycles. The topological polar surface area (TPSA) is 32.3 Å². The van der Waals surface area contributed by atoms with Gasteiger partial charge in [0.15, 0.2) is 0 Å². The fraction of sp³-hybridized carbons (Fsp3) is 0.941. The van der Waals surface area contributed by atoms with E-state index in [1.165, 1.54) is 25.7 Å². The number of hydrogen-bond donors (Lipinski definition) is 1. The summed E-state index contributed by atoms with van der Waals surface area (Å²) in [5.41, 5.74) is 0. The van der Waals surface area contributed by atoms with Crippen LogP contribution in [0.3, 0.4) is 0 Å². The minimum Gasteiger partial charge on any atom is -0.342 e. The van der Waals surface area contributed by atoms with Crippen LogP contribution in [0.1, 0.15) is 52.9 Å². The van der Waals surface area contributed by atoms with Gasteiger partial charge in [-0.1, -0.05) is 20.8 Å². The van der Waals surface area contributed by atoms with Gasteiger partial charge in [-0.3, -0.25) is 4.79 Å². The Morgan fingerprint density at radius 2 is 2.10 bits per heavy atom.